The van der Waals surface area contributed by atoms with Gasteiger partial charge in [0, 0.05) is 11.5 Å². The molecule has 1 aromatic heterocycles. The van der Waals surface area contributed by atoms with Crippen molar-refractivity contribution in [3.8, 4) is 0 Å². The van der Waals surface area contributed by atoms with Crippen molar-refractivity contribution in [1.29, 1.82) is 0 Å². The van der Waals surface area contributed by atoms with E-state index < -0.39 is 12.6 Å². The molecule has 0 fully saturated rings. The number of nitrogens with zero attached hydrogens (tertiary/aromatic N) is 1. The van der Waals surface area contributed by atoms with Gasteiger partial charge in [0.2, 0.25) is 0 Å². The number of aromatic nitrogens is 1. The third-order valence-corrected chi connectivity index (χ3v) is 2.26. The van der Waals surface area contributed by atoms with E-state index in [9.17, 15) is 13.2 Å². The zero-order valence-corrected chi connectivity index (χ0v) is 8.91. The smallest absolute Gasteiger partial charge is 0.373 e. The van der Waals surface area contributed by atoms with Gasteiger partial charge in [-0.05, 0) is 28.1 Å². The van der Waals surface area contributed by atoms with E-state index in [-0.39, 0.29) is 5.69 Å². The standard InChI is InChI=1S/C8H8BrF3N2/c1-13-7-3-2-5(9)6(14-7)4-8(10,11)12/h2-3H,4H2,1H3,(H,13,14). The zero-order valence-electron chi connectivity index (χ0n) is 7.32. The lowest BCUT2D eigenvalue weighted by Gasteiger charge is -2.08. The first-order chi connectivity index (χ1) is 6.42. The van der Waals surface area contributed by atoms with Crippen molar-refractivity contribution >= 4 is 21.7 Å². The first-order valence-corrected chi connectivity index (χ1v) is 4.61. The molecule has 0 bridgehead atoms. The van der Waals surface area contributed by atoms with Crippen molar-refractivity contribution in [1.82, 2.24) is 4.98 Å². The van der Waals surface area contributed by atoms with Gasteiger partial charge in [0.1, 0.15) is 5.82 Å². The maximum atomic E-state index is 12.1. The summed E-state index contributed by atoms with van der Waals surface area (Å²) in [6.07, 6.45) is -5.26. The van der Waals surface area contributed by atoms with Gasteiger partial charge >= 0.3 is 6.18 Å². The summed E-state index contributed by atoms with van der Waals surface area (Å²) >= 11 is 3.02. The number of alkyl halides is 3. The summed E-state index contributed by atoms with van der Waals surface area (Å²) in [5.74, 6) is 0.424. The van der Waals surface area contributed by atoms with Crippen LogP contribution in [0.3, 0.4) is 0 Å². The Bertz CT molecular complexity index is 325. The molecule has 2 nitrogen and oxygen atoms in total. The molecular weight excluding hydrogens is 261 g/mol. The highest BCUT2D eigenvalue weighted by Gasteiger charge is 2.29. The van der Waals surface area contributed by atoms with Crippen LogP contribution >= 0.6 is 15.9 Å². The van der Waals surface area contributed by atoms with Crippen molar-refractivity contribution in [3.63, 3.8) is 0 Å². The van der Waals surface area contributed by atoms with Crippen LogP contribution in [0.4, 0.5) is 19.0 Å². The third kappa shape index (κ3) is 3.17. The molecule has 1 heterocycles. The zero-order chi connectivity index (χ0) is 10.8. The topological polar surface area (TPSA) is 24.9 Å². The number of pyridine rings is 1. The SMILES string of the molecule is CNc1ccc(Br)c(CC(F)(F)F)n1. The normalized spacial score (nSPS) is 11.5. The molecule has 0 atom stereocenters. The quantitative estimate of drug-likeness (QED) is 0.892. The summed E-state index contributed by atoms with van der Waals surface area (Å²) in [6, 6.07) is 3.14. The van der Waals surface area contributed by atoms with Crippen molar-refractivity contribution < 1.29 is 13.2 Å². The number of hydrogen-bond acceptors (Lipinski definition) is 2. The lowest BCUT2D eigenvalue weighted by atomic mass is 10.2. The van der Waals surface area contributed by atoms with Crippen LogP contribution in [0.5, 0.6) is 0 Å². The molecular formula is C8H8BrF3N2. The molecule has 0 saturated heterocycles. The van der Waals surface area contributed by atoms with Gasteiger partial charge in [0.05, 0.1) is 12.1 Å². The molecule has 0 radical (unpaired) electrons. The summed E-state index contributed by atoms with van der Waals surface area (Å²) in [5.41, 5.74) is -0.00986. The number of hydrogen-bond donors (Lipinski definition) is 1. The molecule has 78 valence electrons. The highest BCUT2D eigenvalue weighted by molar-refractivity contribution is 9.10. The van der Waals surface area contributed by atoms with E-state index in [0.717, 1.165) is 0 Å². The van der Waals surface area contributed by atoms with E-state index in [0.29, 0.717) is 10.3 Å². The molecule has 1 aromatic rings. The van der Waals surface area contributed by atoms with Gasteiger partial charge in [0.15, 0.2) is 0 Å². The predicted octanol–water partition coefficient (Wildman–Crippen LogP) is 2.99. The van der Waals surface area contributed by atoms with Gasteiger partial charge in [-0.2, -0.15) is 13.2 Å². The highest BCUT2D eigenvalue weighted by Crippen LogP contribution is 2.25. The average Bonchev–Trinajstić information content (AvgIpc) is 2.06. The summed E-state index contributed by atoms with van der Waals surface area (Å²) < 4.78 is 36.6. The van der Waals surface area contributed by atoms with E-state index in [1.807, 2.05) is 0 Å². The fourth-order valence-electron chi connectivity index (χ4n) is 0.937. The first kappa shape index (κ1) is 11.3. The molecule has 0 amide bonds. The fraction of sp³-hybridized carbons (Fsp3) is 0.375. The minimum absolute atomic E-state index is 0.00986. The van der Waals surface area contributed by atoms with Crippen LogP contribution < -0.4 is 5.32 Å². The maximum absolute atomic E-state index is 12.1. The Morgan fingerprint density at radius 1 is 1.43 bits per heavy atom. The van der Waals surface area contributed by atoms with Crippen LogP contribution in [0.25, 0.3) is 0 Å². The summed E-state index contributed by atoms with van der Waals surface area (Å²) in [4.78, 5) is 3.80. The Morgan fingerprint density at radius 2 is 2.07 bits per heavy atom. The van der Waals surface area contributed by atoms with Crippen LogP contribution in [0.2, 0.25) is 0 Å². The van der Waals surface area contributed by atoms with E-state index in [2.05, 4.69) is 26.2 Å². The minimum Gasteiger partial charge on any atom is -0.373 e. The van der Waals surface area contributed by atoms with Crippen LogP contribution in [0.1, 0.15) is 5.69 Å². The molecule has 0 aliphatic rings. The Balaban J connectivity index is 2.95. The summed E-state index contributed by atoms with van der Waals surface area (Å²) in [7, 11) is 1.60. The van der Waals surface area contributed by atoms with E-state index in [4.69, 9.17) is 0 Å². The van der Waals surface area contributed by atoms with E-state index >= 15 is 0 Å². The number of nitrogens with one attached hydrogen (secondary N) is 1. The second kappa shape index (κ2) is 4.16. The van der Waals surface area contributed by atoms with Gasteiger partial charge in [-0.15, -0.1) is 0 Å². The molecule has 1 rings (SSSR count). The van der Waals surface area contributed by atoms with Gasteiger partial charge in [-0.1, -0.05) is 0 Å². The van der Waals surface area contributed by atoms with Crippen molar-refractivity contribution in [3.05, 3.63) is 22.3 Å². The van der Waals surface area contributed by atoms with Crippen molar-refractivity contribution in [2.45, 2.75) is 12.6 Å². The Labute approximate surface area is 87.7 Å². The average molecular weight is 269 g/mol. The Hall–Kier alpha value is -0.780. The molecule has 0 aromatic carbocycles. The Kier molecular flexibility index (Phi) is 3.36. The minimum atomic E-state index is -4.23. The second-order valence-electron chi connectivity index (χ2n) is 2.67. The number of halogens is 4. The lowest BCUT2D eigenvalue weighted by Crippen LogP contribution is -2.13. The Morgan fingerprint density at radius 3 is 2.57 bits per heavy atom. The van der Waals surface area contributed by atoms with Crippen LogP contribution in [-0.2, 0) is 6.42 Å². The molecule has 14 heavy (non-hydrogen) atoms. The fourth-order valence-corrected chi connectivity index (χ4v) is 1.30. The van der Waals surface area contributed by atoms with E-state index in [1.165, 1.54) is 0 Å². The number of rotatable bonds is 2. The molecule has 0 saturated carbocycles. The van der Waals surface area contributed by atoms with Gasteiger partial charge in [-0.25, -0.2) is 4.98 Å². The monoisotopic (exact) mass is 268 g/mol. The lowest BCUT2D eigenvalue weighted by molar-refractivity contribution is -0.127. The van der Waals surface area contributed by atoms with Crippen LogP contribution in [0, 0.1) is 0 Å². The summed E-state index contributed by atoms with van der Waals surface area (Å²) in [6.45, 7) is 0. The second-order valence-corrected chi connectivity index (χ2v) is 3.52. The highest BCUT2D eigenvalue weighted by atomic mass is 79.9. The first-order valence-electron chi connectivity index (χ1n) is 3.82. The third-order valence-electron chi connectivity index (χ3n) is 1.54. The molecule has 1 N–H and O–H groups in total. The van der Waals surface area contributed by atoms with E-state index in [1.54, 1.807) is 19.2 Å². The van der Waals surface area contributed by atoms with Gasteiger partial charge in [0.25, 0.3) is 0 Å². The largest absolute Gasteiger partial charge is 0.394 e. The molecule has 0 spiro atoms. The molecule has 6 heteroatoms. The van der Waals surface area contributed by atoms with Crippen molar-refractivity contribution in [2.24, 2.45) is 0 Å². The van der Waals surface area contributed by atoms with Crippen LogP contribution in [-0.4, -0.2) is 18.2 Å². The number of anilines is 1. The van der Waals surface area contributed by atoms with Crippen LogP contribution in [0.15, 0.2) is 16.6 Å². The molecule has 0 aliphatic heterocycles. The van der Waals surface area contributed by atoms with Gasteiger partial charge < -0.3 is 5.32 Å². The summed E-state index contributed by atoms with van der Waals surface area (Å²) in [5, 5.41) is 2.68. The maximum Gasteiger partial charge on any atom is 0.394 e. The van der Waals surface area contributed by atoms with Crippen molar-refractivity contribution in [2.75, 3.05) is 12.4 Å². The predicted molar refractivity (Wildman–Crippen MR) is 51.2 cm³/mol. The molecule has 0 aliphatic carbocycles. The van der Waals surface area contributed by atoms with Gasteiger partial charge in [-0.3, -0.25) is 0 Å². The molecule has 0 unspecified atom stereocenters.